The molecule has 0 spiro atoms. The van der Waals surface area contributed by atoms with Crippen LogP contribution in [0.4, 0.5) is 5.69 Å². The van der Waals surface area contributed by atoms with E-state index in [-0.39, 0.29) is 5.76 Å². The van der Waals surface area contributed by atoms with Crippen molar-refractivity contribution in [3.63, 3.8) is 0 Å². The van der Waals surface area contributed by atoms with Gasteiger partial charge in [-0.2, -0.15) is 0 Å². The number of nitrogens with zero attached hydrogens (tertiary/aromatic N) is 1. The number of carbonyl (C=O) groups is 1. The molecule has 0 bridgehead atoms. The molecule has 1 N–H and O–H groups in total. The predicted octanol–water partition coefficient (Wildman–Crippen LogP) is 0.813. The van der Waals surface area contributed by atoms with Gasteiger partial charge in [-0.1, -0.05) is 5.46 Å². The van der Waals surface area contributed by atoms with Crippen LogP contribution in [0.5, 0.6) is 0 Å². The molecule has 2 radical (unpaired) electrons. The lowest BCUT2D eigenvalue weighted by Gasteiger charge is -2.31. The molecule has 2 heterocycles. The highest BCUT2D eigenvalue weighted by molar-refractivity contribution is 6.42. The molecular weight excluding hydrogens is 267 g/mol. The van der Waals surface area contributed by atoms with E-state index in [1.807, 2.05) is 12.1 Å². The van der Waals surface area contributed by atoms with Crippen molar-refractivity contribution in [2.75, 3.05) is 37.7 Å². The van der Waals surface area contributed by atoms with Gasteiger partial charge in [0.2, 0.25) is 5.76 Å². The van der Waals surface area contributed by atoms with E-state index in [1.165, 1.54) is 0 Å². The fraction of sp³-hybridized carbons (Fsp3) is 0.400. The Bertz CT molecular complexity index is 662. The molecular formula is C15H17BN2O3. The van der Waals surface area contributed by atoms with Gasteiger partial charge in [-0.25, -0.2) is 4.79 Å². The van der Waals surface area contributed by atoms with Crippen LogP contribution in [0.25, 0.3) is 11.0 Å². The molecule has 1 saturated heterocycles. The summed E-state index contributed by atoms with van der Waals surface area (Å²) >= 11 is 0. The van der Waals surface area contributed by atoms with Crippen molar-refractivity contribution in [1.29, 1.82) is 0 Å². The average molecular weight is 284 g/mol. The Balaban J connectivity index is 1.97. The third-order valence-electron chi connectivity index (χ3n) is 3.65. The zero-order valence-electron chi connectivity index (χ0n) is 12.0. The van der Waals surface area contributed by atoms with E-state index < -0.39 is 5.97 Å². The predicted molar refractivity (Wildman–Crippen MR) is 82.6 cm³/mol. The van der Waals surface area contributed by atoms with Gasteiger partial charge in [0.05, 0.1) is 6.61 Å². The van der Waals surface area contributed by atoms with Crippen LogP contribution >= 0.6 is 0 Å². The van der Waals surface area contributed by atoms with E-state index in [0.717, 1.165) is 37.3 Å². The van der Waals surface area contributed by atoms with Crippen LogP contribution in [0.15, 0.2) is 22.6 Å². The average Bonchev–Trinajstić information content (AvgIpc) is 2.94. The summed E-state index contributed by atoms with van der Waals surface area (Å²) in [5.41, 5.74) is 2.24. The molecule has 108 valence electrons. The molecule has 2 aromatic rings. The van der Waals surface area contributed by atoms with Gasteiger partial charge < -0.3 is 19.4 Å². The topological polar surface area (TPSA) is 54.7 Å². The van der Waals surface area contributed by atoms with Gasteiger partial charge in [0.15, 0.2) is 0 Å². The van der Waals surface area contributed by atoms with E-state index in [2.05, 4.69) is 10.2 Å². The molecule has 1 aliphatic heterocycles. The molecule has 1 aromatic heterocycles. The van der Waals surface area contributed by atoms with Crippen LogP contribution in [0.3, 0.4) is 0 Å². The number of rotatable bonds is 3. The summed E-state index contributed by atoms with van der Waals surface area (Å²) in [5, 5.41) is 4.07. The minimum absolute atomic E-state index is 0.191. The zero-order valence-corrected chi connectivity index (χ0v) is 12.0. The Hall–Kier alpha value is -1.95. The third kappa shape index (κ3) is 2.63. The quantitative estimate of drug-likeness (QED) is 0.668. The van der Waals surface area contributed by atoms with Crippen LogP contribution in [0.1, 0.15) is 17.5 Å². The van der Waals surface area contributed by atoms with Crippen molar-refractivity contribution in [3.8, 4) is 0 Å². The highest BCUT2D eigenvalue weighted by Gasteiger charge is 2.18. The highest BCUT2D eigenvalue weighted by atomic mass is 16.5. The van der Waals surface area contributed by atoms with Crippen LogP contribution < -0.4 is 15.7 Å². The molecule has 0 atom stereocenters. The van der Waals surface area contributed by atoms with Crippen molar-refractivity contribution < 1.29 is 13.9 Å². The molecule has 0 aliphatic carbocycles. The first-order chi connectivity index (χ1) is 10.2. The largest absolute Gasteiger partial charge is 0.460 e. The number of ether oxygens (including phenoxy) is 1. The van der Waals surface area contributed by atoms with Crippen molar-refractivity contribution in [3.05, 3.63) is 24.0 Å². The second-order valence-electron chi connectivity index (χ2n) is 4.98. The SMILES string of the molecule is [B]c1c(N2CCNCC2)ccc2oc(C(=O)OCC)cc12. The smallest absolute Gasteiger partial charge is 0.374 e. The van der Waals surface area contributed by atoms with Crippen molar-refractivity contribution in [1.82, 2.24) is 5.32 Å². The van der Waals surface area contributed by atoms with Crippen molar-refractivity contribution >= 4 is 35.9 Å². The van der Waals surface area contributed by atoms with E-state index in [4.69, 9.17) is 17.0 Å². The first-order valence-corrected chi connectivity index (χ1v) is 7.15. The second-order valence-corrected chi connectivity index (χ2v) is 4.98. The zero-order chi connectivity index (χ0) is 14.8. The van der Waals surface area contributed by atoms with Crippen LogP contribution in [-0.4, -0.2) is 46.6 Å². The summed E-state index contributed by atoms with van der Waals surface area (Å²) in [6.07, 6.45) is 0. The van der Waals surface area contributed by atoms with E-state index in [1.54, 1.807) is 13.0 Å². The fourth-order valence-electron chi connectivity index (χ4n) is 2.61. The van der Waals surface area contributed by atoms with E-state index in [9.17, 15) is 4.79 Å². The number of carbonyl (C=O) groups excluding carboxylic acids is 1. The molecule has 1 fully saturated rings. The Morgan fingerprint density at radius 2 is 2.19 bits per heavy atom. The van der Waals surface area contributed by atoms with Crippen molar-refractivity contribution in [2.24, 2.45) is 0 Å². The normalized spacial score (nSPS) is 15.4. The molecule has 0 amide bonds. The number of hydrogen-bond donors (Lipinski definition) is 1. The van der Waals surface area contributed by atoms with E-state index >= 15 is 0 Å². The second kappa shape index (κ2) is 5.81. The minimum Gasteiger partial charge on any atom is -0.460 e. The van der Waals surface area contributed by atoms with Crippen LogP contribution in [0.2, 0.25) is 0 Å². The number of fused-ring (bicyclic) bond motifs is 1. The lowest BCUT2D eigenvalue weighted by Crippen LogP contribution is -2.45. The molecule has 1 aliphatic rings. The van der Waals surface area contributed by atoms with Gasteiger partial charge in [-0.15, -0.1) is 0 Å². The van der Waals surface area contributed by atoms with E-state index in [0.29, 0.717) is 17.7 Å². The summed E-state index contributed by atoms with van der Waals surface area (Å²) in [5.74, 6) is -0.271. The number of nitrogens with one attached hydrogen (secondary N) is 1. The fourth-order valence-corrected chi connectivity index (χ4v) is 2.61. The summed E-state index contributed by atoms with van der Waals surface area (Å²) in [6.45, 7) is 5.79. The monoisotopic (exact) mass is 284 g/mol. The van der Waals surface area contributed by atoms with Gasteiger partial charge in [0, 0.05) is 37.3 Å². The van der Waals surface area contributed by atoms with Gasteiger partial charge >= 0.3 is 5.97 Å². The van der Waals surface area contributed by atoms with Crippen molar-refractivity contribution in [2.45, 2.75) is 6.92 Å². The Morgan fingerprint density at radius 3 is 2.90 bits per heavy atom. The van der Waals surface area contributed by atoms with Crippen LogP contribution in [-0.2, 0) is 4.74 Å². The Morgan fingerprint density at radius 1 is 1.43 bits per heavy atom. The standard InChI is InChI=1S/C15H17BN2O3/c1-2-20-15(19)13-9-10-12(21-13)4-3-11(14(10)16)18-7-5-17-6-8-18/h3-4,9,17H,2,5-8H2,1H3. The first-order valence-electron chi connectivity index (χ1n) is 7.15. The number of piperazine rings is 1. The molecule has 21 heavy (non-hydrogen) atoms. The first kappa shape index (κ1) is 14.0. The van der Waals surface area contributed by atoms with Gasteiger partial charge in [-0.05, 0) is 25.1 Å². The Kier molecular flexibility index (Phi) is 3.88. The number of anilines is 1. The number of esters is 1. The maximum atomic E-state index is 11.7. The minimum atomic E-state index is -0.461. The number of benzene rings is 1. The summed E-state index contributed by atoms with van der Waals surface area (Å²) in [6, 6.07) is 5.46. The third-order valence-corrected chi connectivity index (χ3v) is 3.65. The lowest BCUT2D eigenvalue weighted by atomic mass is 9.89. The van der Waals surface area contributed by atoms with Gasteiger partial charge in [-0.3, -0.25) is 0 Å². The summed E-state index contributed by atoms with van der Waals surface area (Å²) < 4.78 is 10.5. The lowest BCUT2D eigenvalue weighted by molar-refractivity contribution is 0.0492. The molecule has 0 unspecified atom stereocenters. The maximum Gasteiger partial charge on any atom is 0.374 e. The molecule has 5 nitrogen and oxygen atoms in total. The number of hydrogen-bond acceptors (Lipinski definition) is 5. The molecule has 1 aromatic carbocycles. The molecule has 0 saturated carbocycles. The van der Waals surface area contributed by atoms with Gasteiger partial charge in [0.1, 0.15) is 13.4 Å². The summed E-state index contributed by atoms with van der Waals surface area (Å²) in [7, 11) is 6.26. The van der Waals surface area contributed by atoms with Crippen LogP contribution in [0, 0.1) is 0 Å². The molecule has 6 heteroatoms. The molecule has 3 rings (SSSR count). The maximum absolute atomic E-state index is 11.7. The summed E-state index contributed by atoms with van der Waals surface area (Å²) in [4.78, 5) is 14.0. The Labute approximate surface area is 124 Å². The highest BCUT2D eigenvalue weighted by Crippen LogP contribution is 2.23. The van der Waals surface area contributed by atoms with Gasteiger partial charge in [0.25, 0.3) is 0 Å². The number of furan rings is 1.